The maximum Gasteiger partial charge on any atom is 0.224 e. The van der Waals surface area contributed by atoms with Crippen LogP contribution in [0.5, 0.6) is 5.75 Å². The third-order valence-corrected chi connectivity index (χ3v) is 3.15. The molecule has 0 aliphatic heterocycles. The minimum absolute atomic E-state index is 0.0533. The van der Waals surface area contributed by atoms with Gasteiger partial charge in [0.25, 0.3) is 0 Å². The summed E-state index contributed by atoms with van der Waals surface area (Å²) in [5, 5.41) is 2.93. The van der Waals surface area contributed by atoms with E-state index in [1.54, 1.807) is 7.11 Å². The van der Waals surface area contributed by atoms with Gasteiger partial charge >= 0.3 is 0 Å². The second-order valence-corrected chi connectivity index (χ2v) is 4.82. The molecule has 0 radical (unpaired) electrons. The van der Waals surface area contributed by atoms with Crippen LogP contribution in [0.2, 0.25) is 0 Å². The van der Waals surface area contributed by atoms with Crippen molar-refractivity contribution >= 4 is 5.91 Å². The molecule has 1 aromatic carbocycles. The molecule has 1 aromatic heterocycles. The monoisotopic (exact) mass is 272 g/mol. The van der Waals surface area contributed by atoms with E-state index in [2.05, 4.69) is 10.3 Å². The molecule has 0 spiro atoms. The highest BCUT2D eigenvalue weighted by molar-refractivity contribution is 5.78. The molecule has 4 nitrogen and oxygen atoms in total. The summed E-state index contributed by atoms with van der Waals surface area (Å²) in [5.74, 6) is 0.901. The number of carbonyl (C=O) groups is 1. The highest BCUT2D eigenvalue weighted by atomic mass is 16.5. The molecule has 1 heterocycles. The molecule has 4 heteroatoms. The first kappa shape index (κ1) is 14.2. The Morgan fingerprint density at radius 1 is 1.25 bits per heavy atom. The van der Waals surface area contributed by atoms with E-state index >= 15 is 0 Å². The number of aromatic nitrogens is 1. The van der Waals surface area contributed by atoms with E-state index in [1.807, 2.05) is 43.5 Å². The summed E-state index contributed by atoms with van der Waals surface area (Å²) < 4.78 is 5.11. The molecule has 0 unspecified atom stereocenters. The first-order valence-electron chi connectivity index (χ1n) is 6.71. The lowest BCUT2D eigenvalue weighted by atomic mass is 10.1. The molecule has 1 amide bonds. The van der Waals surface area contributed by atoms with E-state index in [1.165, 1.54) is 5.56 Å². The zero-order valence-corrected chi connectivity index (χ0v) is 11.9. The maximum atomic E-state index is 11.8. The summed E-state index contributed by atoms with van der Waals surface area (Å²) in [7, 11) is 1.65. The molecule has 0 aliphatic rings. The van der Waals surface area contributed by atoms with E-state index in [9.17, 15) is 4.79 Å². The van der Waals surface area contributed by atoms with Crippen molar-refractivity contribution in [1.29, 1.82) is 0 Å². The van der Waals surface area contributed by atoms with Gasteiger partial charge in [-0.05, 0) is 42.7 Å². The molecule has 106 valence electrons. The maximum absolute atomic E-state index is 11.8. The molecular formula is C16H20N2O2. The minimum Gasteiger partial charge on any atom is -0.497 e. The van der Waals surface area contributed by atoms with Gasteiger partial charge in [-0.2, -0.15) is 0 Å². The van der Waals surface area contributed by atoms with Crippen LogP contribution in [0.1, 0.15) is 16.8 Å². The number of nitrogens with one attached hydrogen (secondary N) is 2. The Hall–Kier alpha value is -2.23. The third kappa shape index (κ3) is 4.16. The van der Waals surface area contributed by atoms with E-state index in [0.717, 1.165) is 23.4 Å². The fourth-order valence-corrected chi connectivity index (χ4v) is 2.06. The molecule has 2 rings (SSSR count). The normalized spacial score (nSPS) is 10.3. The number of hydrogen-bond donors (Lipinski definition) is 2. The van der Waals surface area contributed by atoms with Crippen LogP contribution in [0.3, 0.4) is 0 Å². The molecule has 0 saturated carbocycles. The standard InChI is InChI=1S/C16H20N2O2/c1-12-9-14(11-18-12)10-16(19)17-8-7-13-3-5-15(20-2)6-4-13/h3-6,9,11,18H,7-8,10H2,1-2H3,(H,17,19). The lowest BCUT2D eigenvalue weighted by Gasteiger charge is -2.05. The Balaban J connectivity index is 1.73. The number of amides is 1. The van der Waals surface area contributed by atoms with Crippen LogP contribution >= 0.6 is 0 Å². The van der Waals surface area contributed by atoms with Gasteiger partial charge in [0.2, 0.25) is 5.91 Å². The van der Waals surface area contributed by atoms with Crippen molar-refractivity contribution in [3.05, 3.63) is 53.3 Å². The van der Waals surface area contributed by atoms with Gasteiger partial charge in [0, 0.05) is 18.4 Å². The summed E-state index contributed by atoms with van der Waals surface area (Å²) >= 11 is 0. The predicted octanol–water partition coefficient (Wildman–Crippen LogP) is 2.23. The summed E-state index contributed by atoms with van der Waals surface area (Å²) in [5.41, 5.74) is 3.28. The van der Waals surface area contributed by atoms with Crippen LogP contribution in [0.4, 0.5) is 0 Å². The smallest absolute Gasteiger partial charge is 0.224 e. The molecule has 0 fully saturated rings. The number of aryl methyl sites for hydroxylation is 1. The molecule has 0 aliphatic carbocycles. The van der Waals surface area contributed by atoms with Crippen LogP contribution in [0, 0.1) is 6.92 Å². The van der Waals surface area contributed by atoms with Crippen LogP contribution < -0.4 is 10.1 Å². The van der Waals surface area contributed by atoms with E-state index < -0.39 is 0 Å². The van der Waals surface area contributed by atoms with Crippen molar-refractivity contribution in [2.75, 3.05) is 13.7 Å². The van der Waals surface area contributed by atoms with Crippen molar-refractivity contribution in [3.8, 4) is 5.75 Å². The van der Waals surface area contributed by atoms with Crippen molar-refractivity contribution in [3.63, 3.8) is 0 Å². The number of carbonyl (C=O) groups excluding carboxylic acids is 1. The quantitative estimate of drug-likeness (QED) is 0.847. The highest BCUT2D eigenvalue weighted by Crippen LogP contribution is 2.11. The first-order chi connectivity index (χ1) is 9.67. The van der Waals surface area contributed by atoms with E-state index in [-0.39, 0.29) is 5.91 Å². The number of rotatable bonds is 6. The molecule has 2 N–H and O–H groups in total. The van der Waals surface area contributed by atoms with E-state index in [4.69, 9.17) is 4.74 Å². The fourth-order valence-electron chi connectivity index (χ4n) is 2.06. The Kier molecular flexibility index (Phi) is 4.82. The number of ether oxygens (including phenoxy) is 1. The molecule has 0 atom stereocenters. The molecule has 0 bridgehead atoms. The SMILES string of the molecule is COc1ccc(CCNC(=O)Cc2c[nH]c(C)c2)cc1. The third-order valence-electron chi connectivity index (χ3n) is 3.15. The fraction of sp³-hybridized carbons (Fsp3) is 0.312. The van der Waals surface area contributed by atoms with Crippen molar-refractivity contribution in [2.24, 2.45) is 0 Å². The lowest BCUT2D eigenvalue weighted by molar-refractivity contribution is -0.120. The Labute approximate surface area is 119 Å². The van der Waals surface area contributed by atoms with Gasteiger partial charge in [0.1, 0.15) is 5.75 Å². The molecule has 0 saturated heterocycles. The Bertz CT molecular complexity index is 558. The number of benzene rings is 1. The van der Waals surface area contributed by atoms with Crippen LogP contribution in [0.15, 0.2) is 36.5 Å². The molecular weight excluding hydrogens is 252 g/mol. The van der Waals surface area contributed by atoms with Gasteiger partial charge in [0.15, 0.2) is 0 Å². The number of H-pyrrole nitrogens is 1. The predicted molar refractivity (Wildman–Crippen MR) is 78.9 cm³/mol. The Morgan fingerprint density at radius 2 is 2.00 bits per heavy atom. The second-order valence-electron chi connectivity index (χ2n) is 4.82. The van der Waals surface area contributed by atoms with Gasteiger partial charge in [-0.15, -0.1) is 0 Å². The summed E-state index contributed by atoms with van der Waals surface area (Å²) in [6.07, 6.45) is 3.12. The lowest BCUT2D eigenvalue weighted by Crippen LogP contribution is -2.27. The first-order valence-corrected chi connectivity index (χ1v) is 6.71. The second kappa shape index (κ2) is 6.80. The van der Waals surface area contributed by atoms with E-state index in [0.29, 0.717) is 13.0 Å². The largest absolute Gasteiger partial charge is 0.497 e. The summed E-state index contributed by atoms with van der Waals surface area (Å²) in [6, 6.07) is 9.88. The van der Waals surface area contributed by atoms with Gasteiger partial charge in [-0.3, -0.25) is 4.79 Å². The van der Waals surface area contributed by atoms with Gasteiger partial charge in [0.05, 0.1) is 13.5 Å². The van der Waals surface area contributed by atoms with Crippen molar-refractivity contribution in [2.45, 2.75) is 19.8 Å². The van der Waals surface area contributed by atoms with Gasteiger partial charge < -0.3 is 15.0 Å². The van der Waals surface area contributed by atoms with Crippen LogP contribution in [-0.4, -0.2) is 24.5 Å². The number of methoxy groups -OCH3 is 1. The number of aromatic amines is 1. The van der Waals surface area contributed by atoms with Gasteiger partial charge in [-0.1, -0.05) is 12.1 Å². The van der Waals surface area contributed by atoms with Crippen LogP contribution in [0.25, 0.3) is 0 Å². The van der Waals surface area contributed by atoms with Crippen molar-refractivity contribution < 1.29 is 9.53 Å². The van der Waals surface area contributed by atoms with Crippen molar-refractivity contribution in [1.82, 2.24) is 10.3 Å². The molecule has 2 aromatic rings. The summed E-state index contributed by atoms with van der Waals surface area (Å²) in [4.78, 5) is 14.8. The molecule has 20 heavy (non-hydrogen) atoms. The average molecular weight is 272 g/mol. The number of hydrogen-bond acceptors (Lipinski definition) is 2. The minimum atomic E-state index is 0.0533. The zero-order chi connectivity index (χ0) is 14.4. The average Bonchev–Trinajstić information content (AvgIpc) is 2.85. The zero-order valence-electron chi connectivity index (χ0n) is 11.9. The topological polar surface area (TPSA) is 54.1 Å². The highest BCUT2D eigenvalue weighted by Gasteiger charge is 2.04. The summed E-state index contributed by atoms with van der Waals surface area (Å²) in [6.45, 7) is 2.62. The van der Waals surface area contributed by atoms with Crippen LogP contribution in [-0.2, 0) is 17.6 Å². The van der Waals surface area contributed by atoms with Gasteiger partial charge in [-0.25, -0.2) is 0 Å². The Morgan fingerprint density at radius 3 is 2.60 bits per heavy atom.